The molecule has 0 bridgehead atoms. The molecule has 0 heterocycles. The molecule has 0 saturated heterocycles. The molecule has 2 N–H and O–H groups in total. The van der Waals surface area contributed by atoms with Crippen molar-refractivity contribution >= 4 is 17.1 Å². The van der Waals surface area contributed by atoms with Gasteiger partial charge < -0.3 is 32.7 Å². The summed E-state index contributed by atoms with van der Waals surface area (Å²) in [5.74, 6) is 0. The van der Waals surface area contributed by atoms with E-state index in [0.717, 1.165) is 12.8 Å². The van der Waals surface area contributed by atoms with Gasteiger partial charge in [-0.3, -0.25) is 0 Å². The molecule has 3 atom stereocenters. The van der Waals surface area contributed by atoms with Crippen molar-refractivity contribution in [1.82, 2.24) is 0 Å². The van der Waals surface area contributed by atoms with Crippen molar-refractivity contribution in [2.24, 2.45) is 0 Å². The zero-order chi connectivity index (χ0) is 19.4. The van der Waals surface area contributed by atoms with Gasteiger partial charge in [0.1, 0.15) is 11.5 Å². The standard InChI is InChI=1S/C12H30O5Si2.C3H8O2/c1-9-11(18(7,13-3)14-4)17-12(10-2)19(8,15-5)16-6;1-3(5)2-4/h11-12H,9-10H2,1-8H3;3-5H,2H2,1H3. The molecule has 0 aromatic heterocycles. The Morgan fingerprint density at radius 3 is 1.17 bits per heavy atom. The van der Waals surface area contributed by atoms with Gasteiger partial charge in [-0.05, 0) is 32.9 Å². The lowest BCUT2D eigenvalue weighted by molar-refractivity contribution is 0.00859. The molecule has 24 heavy (non-hydrogen) atoms. The van der Waals surface area contributed by atoms with Crippen molar-refractivity contribution in [2.75, 3.05) is 35.0 Å². The van der Waals surface area contributed by atoms with E-state index in [1.54, 1.807) is 28.4 Å². The normalized spacial score (nSPS) is 16.1. The Balaban J connectivity index is 0. The first-order chi connectivity index (χ1) is 11.1. The van der Waals surface area contributed by atoms with Crippen molar-refractivity contribution in [1.29, 1.82) is 0 Å². The summed E-state index contributed by atoms with van der Waals surface area (Å²) in [6.07, 6.45) is 1.13. The van der Waals surface area contributed by atoms with Gasteiger partial charge in [0.05, 0.1) is 12.7 Å². The highest BCUT2D eigenvalue weighted by molar-refractivity contribution is 6.68. The van der Waals surface area contributed by atoms with Crippen LogP contribution in [-0.4, -0.2) is 79.9 Å². The van der Waals surface area contributed by atoms with Crippen LogP contribution in [0.5, 0.6) is 0 Å². The van der Waals surface area contributed by atoms with E-state index in [4.69, 9.17) is 32.7 Å². The van der Waals surface area contributed by atoms with E-state index in [-0.39, 0.29) is 18.1 Å². The fourth-order valence-electron chi connectivity index (χ4n) is 2.07. The van der Waals surface area contributed by atoms with Crippen LogP contribution in [0.25, 0.3) is 0 Å². The average Bonchev–Trinajstić information content (AvgIpc) is 2.61. The summed E-state index contributed by atoms with van der Waals surface area (Å²) in [6, 6.07) is 0. The molecule has 9 heteroatoms. The number of ether oxygens (including phenoxy) is 1. The smallest absolute Gasteiger partial charge is 0.364 e. The minimum Gasteiger partial charge on any atom is -0.396 e. The van der Waals surface area contributed by atoms with E-state index in [0.29, 0.717) is 0 Å². The summed E-state index contributed by atoms with van der Waals surface area (Å²) < 4.78 is 28.6. The van der Waals surface area contributed by atoms with Crippen LogP contribution in [0.2, 0.25) is 13.1 Å². The van der Waals surface area contributed by atoms with Gasteiger partial charge >= 0.3 is 17.1 Å². The quantitative estimate of drug-likeness (QED) is 0.523. The van der Waals surface area contributed by atoms with E-state index in [2.05, 4.69) is 13.8 Å². The summed E-state index contributed by atoms with van der Waals surface area (Å²) in [4.78, 5) is 0. The zero-order valence-corrected chi connectivity index (χ0v) is 18.8. The van der Waals surface area contributed by atoms with Gasteiger partial charge in [0.25, 0.3) is 0 Å². The molecule has 148 valence electrons. The molecule has 0 aromatic carbocycles. The molecular weight excluding hydrogens is 348 g/mol. The van der Waals surface area contributed by atoms with Crippen LogP contribution < -0.4 is 0 Å². The zero-order valence-electron chi connectivity index (χ0n) is 16.8. The topological polar surface area (TPSA) is 86.6 Å². The second kappa shape index (κ2) is 13.4. The van der Waals surface area contributed by atoms with E-state index in [1.807, 2.05) is 13.1 Å². The van der Waals surface area contributed by atoms with Crippen LogP contribution in [0.3, 0.4) is 0 Å². The summed E-state index contributed by atoms with van der Waals surface area (Å²) in [7, 11) is 2.10. The fraction of sp³-hybridized carbons (Fsp3) is 1.00. The number of hydrogen-bond acceptors (Lipinski definition) is 7. The minimum absolute atomic E-state index is 0.0374. The Hall–Kier alpha value is 0.154. The monoisotopic (exact) mass is 386 g/mol. The first kappa shape index (κ1) is 26.4. The summed E-state index contributed by atoms with van der Waals surface area (Å²) in [6.45, 7) is 9.59. The lowest BCUT2D eigenvalue weighted by atomic mass is 10.5. The van der Waals surface area contributed by atoms with E-state index >= 15 is 0 Å². The van der Waals surface area contributed by atoms with Crippen molar-refractivity contribution < 1.29 is 32.7 Å². The van der Waals surface area contributed by atoms with Crippen LogP contribution in [0, 0.1) is 0 Å². The Morgan fingerprint density at radius 2 is 1.04 bits per heavy atom. The Labute approximate surface area is 149 Å². The Morgan fingerprint density at radius 1 is 0.792 bits per heavy atom. The third-order valence-electron chi connectivity index (χ3n) is 4.13. The van der Waals surface area contributed by atoms with Gasteiger partial charge in [0.2, 0.25) is 0 Å². The highest BCUT2D eigenvalue weighted by atomic mass is 28.4. The molecule has 0 aliphatic rings. The molecule has 0 saturated carbocycles. The second-order valence-electron chi connectivity index (χ2n) is 5.81. The maximum atomic E-state index is 8.11. The first-order valence-electron chi connectivity index (χ1n) is 8.29. The number of rotatable bonds is 11. The highest BCUT2D eigenvalue weighted by Crippen LogP contribution is 2.24. The van der Waals surface area contributed by atoms with Crippen molar-refractivity contribution in [3.8, 4) is 0 Å². The molecule has 0 fully saturated rings. The maximum Gasteiger partial charge on any atom is 0.364 e. The van der Waals surface area contributed by atoms with Crippen molar-refractivity contribution in [3.63, 3.8) is 0 Å². The van der Waals surface area contributed by atoms with Crippen LogP contribution in [0.4, 0.5) is 0 Å². The molecule has 0 amide bonds. The van der Waals surface area contributed by atoms with Crippen molar-refractivity contribution in [3.05, 3.63) is 0 Å². The molecule has 0 aliphatic heterocycles. The summed E-state index contributed by atoms with van der Waals surface area (Å²) in [5.41, 5.74) is -0.0749. The average molecular weight is 387 g/mol. The Bertz CT molecular complexity index is 274. The van der Waals surface area contributed by atoms with E-state index in [9.17, 15) is 0 Å². The first-order valence-corrected chi connectivity index (χ1v) is 13.1. The molecule has 0 radical (unpaired) electrons. The largest absolute Gasteiger partial charge is 0.396 e. The van der Waals surface area contributed by atoms with Gasteiger partial charge in [-0.15, -0.1) is 0 Å². The SMILES string of the molecule is CC(O)CO.CCC(OC(CC)[Si](C)(OC)OC)[Si](C)(OC)OC. The molecule has 0 rings (SSSR count). The van der Waals surface area contributed by atoms with Gasteiger partial charge in [-0.2, -0.15) is 0 Å². The number of aliphatic hydroxyl groups is 2. The van der Waals surface area contributed by atoms with Crippen LogP contribution in [0.1, 0.15) is 33.6 Å². The lowest BCUT2D eigenvalue weighted by Crippen LogP contribution is -2.57. The number of aliphatic hydroxyl groups excluding tert-OH is 2. The molecule has 7 nitrogen and oxygen atoms in total. The van der Waals surface area contributed by atoms with Crippen LogP contribution in [-0.2, 0) is 22.4 Å². The van der Waals surface area contributed by atoms with E-state index < -0.39 is 23.2 Å². The van der Waals surface area contributed by atoms with Gasteiger partial charge in [0, 0.05) is 28.4 Å². The maximum absolute atomic E-state index is 8.11. The molecule has 0 aliphatic carbocycles. The van der Waals surface area contributed by atoms with Crippen LogP contribution >= 0.6 is 0 Å². The Kier molecular flexibility index (Phi) is 14.7. The van der Waals surface area contributed by atoms with Gasteiger partial charge in [-0.25, -0.2) is 0 Å². The third-order valence-corrected chi connectivity index (χ3v) is 10.8. The lowest BCUT2D eigenvalue weighted by Gasteiger charge is -2.38. The van der Waals surface area contributed by atoms with Gasteiger partial charge in [-0.1, -0.05) is 13.8 Å². The molecular formula is C15H38O7Si2. The van der Waals surface area contributed by atoms with Gasteiger partial charge in [0.15, 0.2) is 0 Å². The predicted molar refractivity (Wildman–Crippen MR) is 99.3 cm³/mol. The molecule has 0 spiro atoms. The number of hydrogen-bond donors (Lipinski definition) is 2. The van der Waals surface area contributed by atoms with Crippen molar-refractivity contribution in [2.45, 2.75) is 64.3 Å². The minimum atomic E-state index is -2.32. The second-order valence-corrected chi connectivity index (χ2v) is 12.8. The van der Waals surface area contributed by atoms with Crippen LogP contribution in [0.15, 0.2) is 0 Å². The predicted octanol–water partition coefficient (Wildman–Crippen LogP) is 1.73. The highest BCUT2D eigenvalue weighted by Gasteiger charge is 2.46. The third kappa shape index (κ3) is 8.50. The summed E-state index contributed by atoms with van der Waals surface area (Å²) in [5, 5.41) is 16.0. The van der Waals surface area contributed by atoms with E-state index in [1.165, 1.54) is 6.92 Å². The summed E-state index contributed by atoms with van der Waals surface area (Å²) >= 11 is 0. The molecule has 3 unspecified atom stereocenters. The fourth-order valence-corrected chi connectivity index (χ4v) is 5.90. The molecule has 0 aromatic rings.